The number of ether oxygens (including phenoxy) is 2. The Kier molecular flexibility index (Phi) is 6.02. The maximum absolute atomic E-state index is 12.9. The van der Waals surface area contributed by atoms with Crippen molar-refractivity contribution < 1.29 is 19.1 Å². The predicted octanol–water partition coefficient (Wildman–Crippen LogP) is 3.86. The molecule has 3 rings (SSSR count). The molecule has 1 aliphatic heterocycles. The van der Waals surface area contributed by atoms with Crippen LogP contribution < -0.4 is 14.8 Å². The number of nitrogens with zero attached hydrogens (tertiary/aromatic N) is 1. The fraction of sp³-hybridized carbons (Fsp3) is 0.217. The predicted molar refractivity (Wildman–Crippen MR) is 113 cm³/mol. The molecule has 0 spiro atoms. The van der Waals surface area contributed by atoms with Crippen molar-refractivity contribution in [1.29, 1.82) is 0 Å². The molecule has 0 bridgehead atoms. The Balaban J connectivity index is 1.97. The lowest BCUT2D eigenvalue weighted by molar-refractivity contribution is -0.136. The van der Waals surface area contributed by atoms with Crippen LogP contribution in [0.25, 0.3) is 5.57 Å². The van der Waals surface area contributed by atoms with Gasteiger partial charge < -0.3 is 14.8 Å². The Morgan fingerprint density at radius 3 is 2.17 bits per heavy atom. The lowest BCUT2D eigenvalue weighted by Crippen LogP contribution is -2.32. The third-order valence-electron chi connectivity index (χ3n) is 4.35. The van der Waals surface area contributed by atoms with Gasteiger partial charge in [0.05, 0.1) is 18.8 Å². The molecule has 0 aliphatic carbocycles. The van der Waals surface area contributed by atoms with Crippen molar-refractivity contribution in [2.24, 2.45) is 0 Å². The van der Waals surface area contributed by atoms with E-state index in [9.17, 15) is 9.59 Å². The van der Waals surface area contributed by atoms with Crippen LogP contribution in [0.5, 0.6) is 11.5 Å². The minimum Gasteiger partial charge on any atom is -0.497 e. The summed E-state index contributed by atoms with van der Waals surface area (Å²) in [5.74, 6) is 0.659. The molecular formula is C23H24N2O4. The second kappa shape index (κ2) is 8.65. The number of imide groups is 1. The Labute approximate surface area is 170 Å². The van der Waals surface area contributed by atoms with Crippen molar-refractivity contribution in [3.05, 3.63) is 72.4 Å². The average molecular weight is 392 g/mol. The maximum Gasteiger partial charge on any atom is 0.278 e. The van der Waals surface area contributed by atoms with E-state index in [4.69, 9.17) is 9.47 Å². The summed E-state index contributed by atoms with van der Waals surface area (Å²) in [6, 6.07) is 14.3. The van der Waals surface area contributed by atoms with Crippen LogP contribution in [0.4, 0.5) is 5.69 Å². The zero-order valence-corrected chi connectivity index (χ0v) is 16.8. The fourth-order valence-electron chi connectivity index (χ4n) is 3.05. The smallest absolute Gasteiger partial charge is 0.278 e. The van der Waals surface area contributed by atoms with Crippen LogP contribution in [0.1, 0.15) is 19.4 Å². The highest BCUT2D eigenvalue weighted by atomic mass is 16.5. The number of rotatable bonds is 8. The van der Waals surface area contributed by atoms with Crippen LogP contribution in [0.15, 0.2) is 66.9 Å². The molecule has 6 nitrogen and oxygen atoms in total. The van der Waals surface area contributed by atoms with Crippen LogP contribution in [0.3, 0.4) is 0 Å². The molecule has 2 aromatic rings. The first-order valence-electron chi connectivity index (χ1n) is 9.34. The summed E-state index contributed by atoms with van der Waals surface area (Å²) in [6.45, 7) is 7.69. The summed E-state index contributed by atoms with van der Waals surface area (Å²) in [6.07, 6.45) is 1.60. The summed E-state index contributed by atoms with van der Waals surface area (Å²) < 4.78 is 10.8. The normalized spacial score (nSPS) is 13.9. The SMILES string of the molecule is C=CCN1C(=O)C(Nc2ccc(OC(C)C)cc2)=C(c2ccc(OC)cc2)C1=O. The highest BCUT2D eigenvalue weighted by molar-refractivity contribution is 6.36. The first kappa shape index (κ1) is 20.2. The zero-order valence-electron chi connectivity index (χ0n) is 16.8. The van der Waals surface area contributed by atoms with Gasteiger partial charge >= 0.3 is 0 Å². The molecule has 2 aromatic carbocycles. The molecule has 1 aliphatic rings. The van der Waals surface area contributed by atoms with Gasteiger partial charge in [-0.15, -0.1) is 6.58 Å². The van der Waals surface area contributed by atoms with Gasteiger partial charge in [0.2, 0.25) is 0 Å². The maximum atomic E-state index is 12.9. The molecule has 0 saturated carbocycles. The molecular weight excluding hydrogens is 368 g/mol. The van der Waals surface area contributed by atoms with Gasteiger partial charge in [0.1, 0.15) is 17.2 Å². The number of anilines is 1. The lowest BCUT2D eigenvalue weighted by Gasteiger charge is -2.13. The number of amides is 2. The van der Waals surface area contributed by atoms with Gasteiger partial charge in [-0.05, 0) is 55.8 Å². The van der Waals surface area contributed by atoms with Crippen molar-refractivity contribution >= 4 is 23.1 Å². The molecule has 0 unspecified atom stereocenters. The molecule has 1 heterocycles. The number of hydrogen-bond acceptors (Lipinski definition) is 5. The van der Waals surface area contributed by atoms with E-state index in [0.717, 1.165) is 5.75 Å². The van der Waals surface area contributed by atoms with Crippen LogP contribution in [0, 0.1) is 0 Å². The molecule has 1 N–H and O–H groups in total. The van der Waals surface area contributed by atoms with Crippen LogP contribution in [0.2, 0.25) is 0 Å². The second-order valence-electron chi connectivity index (χ2n) is 6.80. The third-order valence-corrected chi connectivity index (χ3v) is 4.35. The van der Waals surface area contributed by atoms with Crippen LogP contribution >= 0.6 is 0 Å². The van der Waals surface area contributed by atoms with E-state index >= 15 is 0 Å². The lowest BCUT2D eigenvalue weighted by atomic mass is 10.0. The molecule has 0 aromatic heterocycles. The number of methoxy groups -OCH3 is 1. The summed E-state index contributed by atoms with van der Waals surface area (Å²) in [5.41, 5.74) is 1.88. The average Bonchev–Trinajstić information content (AvgIpc) is 2.94. The van der Waals surface area contributed by atoms with Gasteiger partial charge in [-0.1, -0.05) is 18.2 Å². The quantitative estimate of drug-likeness (QED) is 0.546. The fourth-order valence-corrected chi connectivity index (χ4v) is 3.05. The number of hydrogen-bond donors (Lipinski definition) is 1. The van der Waals surface area contributed by atoms with Gasteiger partial charge in [0.25, 0.3) is 11.8 Å². The molecule has 29 heavy (non-hydrogen) atoms. The highest BCUT2D eigenvalue weighted by Crippen LogP contribution is 2.31. The van der Waals surface area contributed by atoms with Gasteiger partial charge in [0, 0.05) is 12.2 Å². The van der Waals surface area contributed by atoms with E-state index in [-0.39, 0.29) is 30.2 Å². The summed E-state index contributed by atoms with van der Waals surface area (Å²) >= 11 is 0. The summed E-state index contributed by atoms with van der Waals surface area (Å²) in [4.78, 5) is 27.0. The van der Waals surface area contributed by atoms with Crippen molar-refractivity contribution in [2.75, 3.05) is 19.0 Å². The van der Waals surface area contributed by atoms with E-state index in [2.05, 4.69) is 11.9 Å². The van der Waals surface area contributed by atoms with Gasteiger partial charge in [-0.2, -0.15) is 0 Å². The number of carbonyl (C=O) groups is 2. The first-order chi connectivity index (χ1) is 13.9. The molecule has 0 saturated heterocycles. The van der Waals surface area contributed by atoms with Crippen LogP contribution in [-0.4, -0.2) is 36.5 Å². The van der Waals surface area contributed by atoms with E-state index in [1.54, 1.807) is 31.4 Å². The molecule has 2 amide bonds. The van der Waals surface area contributed by atoms with Gasteiger partial charge in [0.15, 0.2) is 0 Å². The molecule has 150 valence electrons. The van der Waals surface area contributed by atoms with Crippen LogP contribution in [-0.2, 0) is 9.59 Å². The molecule has 6 heteroatoms. The number of benzene rings is 2. The summed E-state index contributed by atoms with van der Waals surface area (Å²) in [7, 11) is 1.57. The van der Waals surface area contributed by atoms with E-state index in [0.29, 0.717) is 22.6 Å². The minimum absolute atomic E-state index is 0.0692. The second-order valence-corrected chi connectivity index (χ2v) is 6.80. The van der Waals surface area contributed by atoms with Gasteiger partial charge in [-0.25, -0.2) is 0 Å². The highest BCUT2D eigenvalue weighted by Gasteiger charge is 2.38. The van der Waals surface area contributed by atoms with E-state index < -0.39 is 0 Å². The first-order valence-corrected chi connectivity index (χ1v) is 9.34. The topological polar surface area (TPSA) is 67.9 Å². The molecule has 0 atom stereocenters. The number of nitrogens with one attached hydrogen (secondary N) is 1. The van der Waals surface area contributed by atoms with Gasteiger partial charge in [-0.3, -0.25) is 14.5 Å². The molecule has 0 fully saturated rings. The van der Waals surface area contributed by atoms with Crippen molar-refractivity contribution in [3.8, 4) is 11.5 Å². The van der Waals surface area contributed by atoms with E-state index in [1.165, 1.54) is 11.0 Å². The minimum atomic E-state index is -0.386. The number of carbonyl (C=O) groups excluding carboxylic acids is 2. The molecule has 0 radical (unpaired) electrons. The zero-order chi connectivity index (χ0) is 21.0. The Morgan fingerprint density at radius 2 is 1.62 bits per heavy atom. The summed E-state index contributed by atoms with van der Waals surface area (Å²) in [5, 5.41) is 3.11. The standard InChI is InChI=1S/C23H24N2O4/c1-5-14-25-22(26)20(16-6-10-18(28-4)11-7-16)21(23(25)27)24-17-8-12-19(13-9-17)29-15(2)3/h5-13,15,24H,1,14H2,2-4H3. The Bertz CT molecular complexity index is 944. The Morgan fingerprint density at radius 1 is 1.00 bits per heavy atom. The Hall–Kier alpha value is -3.54. The van der Waals surface area contributed by atoms with Crippen molar-refractivity contribution in [2.45, 2.75) is 20.0 Å². The van der Waals surface area contributed by atoms with E-state index in [1.807, 2.05) is 38.1 Å². The largest absolute Gasteiger partial charge is 0.497 e. The van der Waals surface area contributed by atoms with Crippen molar-refractivity contribution in [3.63, 3.8) is 0 Å². The monoisotopic (exact) mass is 392 g/mol. The third kappa shape index (κ3) is 4.32. The van der Waals surface area contributed by atoms with Crippen molar-refractivity contribution in [1.82, 2.24) is 4.90 Å².